The minimum absolute atomic E-state index is 0.0419. The number of methoxy groups -OCH3 is 1. The Bertz CT molecular complexity index is 424. The van der Waals surface area contributed by atoms with Crippen molar-refractivity contribution < 1.29 is 14.6 Å². The van der Waals surface area contributed by atoms with E-state index in [1.54, 1.807) is 11.8 Å². The molecule has 0 fully saturated rings. The van der Waals surface area contributed by atoms with Crippen molar-refractivity contribution in [1.82, 2.24) is 15.0 Å². The van der Waals surface area contributed by atoms with Crippen LogP contribution in [-0.2, 0) is 11.3 Å². The van der Waals surface area contributed by atoms with E-state index in [1.807, 2.05) is 27.7 Å². The van der Waals surface area contributed by atoms with E-state index < -0.39 is 5.97 Å². The predicted octanol–water partition coefficient (Wildman–Crippen LogP) is 1.91. The smallest absolute Gasteiger partial charge is 0.358 e. The maximum atomic E-state index is 11.1. The summed E-state index contributed by atoms with van der Waals surface area (Å²) < 4.78 is 7.00. The first-order valence-corrected chi connectivity index (χ1v) is 6.00. The van der Waals surface area contributed by atoms with Gasteiger partial charge in [-0.05, 0) is 26.2 Å². The van der Waals surface area contributed by atoms with Crippen molar-refractivity contribution in [1.29, 1.82) is 0 Å². The van der Waals surface area contributed by atoms with Gasteiger partial charge >= 0.3 is 5.97 Å². The molecule has 0 unspecified atom stereocenters. The third kappa shape index (κ3) is 3.29. The first-order chi connectivity index (χ1) is 8.28. The van der Waals surface area contributed by atoms with Crippen LogP contribution < -0.4 is 0 Å². The minimum atomic E-state index is -1.03. The van der Waals surface area contributed by atoms with Gasteiger partial charge in [0, 0.05) is 13.7 Å². The summed E-state index contributed by atoms with van der Waals surface area (Å²) in [5, 5.41) is 16.7. The summed E-state index contributed by atoms with van der Waals surface area (Å²) in [6.45, 7) is 8.43. The summed E-state index contributed by atoms with van der Waals surface area (Å²) in [5.74, 6) is -0.965. The van der Waals surface area contributed by atoms with E-state index in [0.717, 1.165) is 6.42 Å². The predicted molar refractivity (Wildman–Crippen MR) is 66.8 cm³/mol. The number of ether oxygens (including phenoxy) is 1. The average Bonchev–Trinajstić information content (AvgIpc) is 2.70. The van der Waals surface area contributed by atoms with E-state index >= 15 is 0 Å². The van der Waals surface area contributed by atoms with Crippen LogP contribution in [0, 0.1) is 0 Å². The van der Waals surface area contributed by atoms with Gasteiger partial charge in [0.15, 0.2) is 5.69 Å². The van der Waals surface area contributed by atoms with E-state index in [-0.39, 0.29) is 17.2 Å². The maximum Gasteiger partial charge on any atom is 0.358 e. The van der Waals surface area contributed by atoms with Crippen molar-refractivity contribution in [2.45, 2.75) is 52.2 Å². The maximum absolute atomic E-state index is 11.1. The fourth-order valence-electron chi connectivity index (χ4n) is 1.69. The van der Waals surface area contributed by atoms with Gasteiger partial charge in [-0.3, -0.25) is 0 Å². The number of nitrogens with zero attached hydrogens (tertiary/aromatic N) is 3. The van der Waals surface area contributed by atoms with E-state index in [0.29, 0.717) is 12.2 Å². The number of aryl methyl sites for hydroxylation is 1. The molecular weight excluding hydrogens is 234 g/mol. The van der Waals surface area contributed by atoms with Crippen LogP contribution in [-0.4, -0.2) is 38.8 Å². The van der Waals surface area contributed by atoms with Gasteiger partial charge in [-0.25, -0.2) is 9.48 Å². The molecule has 0 aromatic carbocycles. The highest BCUT2D eigenvalue weighted by Gasteiger charge is 2.23. The minimum Gasteiger partial charge on any atom is -0.476 e. The van der Waals surface area contributed by atoms with Gasteiger partial charge < -0.3 is 9.84 Å². The van der Waals surface area contributed by atoms with Gasteiger partial charge in [0.25, 0.3) is 0 Å². The molecule has 1 aromatic rings. The topological polar surface area (TPSA) is 77.2 Å². The van der Waals surface area contributed by atoms with Crippen molar-refractivity contribution in [2.75, 3.05) is 7.11 Å². The van der Waals surface area contributed by atoms with Gasteiger partial charge in [-0.2, -0.15) is 0 Å². The van der Waals surface area contributed by atoms with Crippen molar-refractivity contribution >= 4 is 5.97 Å². The zero-order valence-electron chi connectivity index (χ0n) is 11.6. The Hall–Kier alpha value is -1.43. The number of aromatic nitrogens is 3. The lowest BCUT2D eigenvalue weighted by Gasteiger charge is -2.23. The lowest BCUT2D eigenvalue weighted by atomic mass is 10.0. The molecule has 0 aliphatic carbocycles. The molecule has 0 amide bonds. The van der Waals surface area contributed by atoms with Crippen LogP contribution in [0.3, 0.4) is 0 Å². The van der Waals surface area contributed by atoms with Gasteiger partial charge in [-0.15, -0.1) is 5.10 Å². The zero-order valence-corrected chi connectivity index (χ0v) is 11.6. The molecule has 0 spiro atoms. The Morgan fingerprint density at radius 2 is 2.11 bits per heavy atom. The zero-order chi connectivity index (χ0) is 13.9. The molecule has 0 bridgehead atoms. The monoisotopic (exact) mass is 255 g/mol. The largest absolute Gasteiger partial charge is 0.476 e. The Kier molecular flexibility index (Phi) is 4.45. The number of hydrogen-bond acceptors (Lipinski definition) is 4. The van der Waals surface area contributed by atoms with Crippen molar-refractivity contribution in [2.24, 2.45) is 0 Å². The van der Waals surface area contributed by atoms with Crippen LogP contribution in [0.15, 0.2) is 0 Å². The second-order valence-electron chi connectivity index (χ2n) is 5.22. The number of hydrogen-bond donors (Lipinski definition) is 1. The molecule has 18 heavy (non-hydrogen) atoms. The Labute approximate surface area is 107 Å². The van der Waals surface area contributed by atoms with Crippen LogP contribution in [0.25, 0.3) is 0 Å². The second-order valence-corrected chi connectivity index (χ2v) is 5.22. The molecule has 0 saturated carbocycles. The summed E-state index contributed by atoms with van der Waals surface area (Å²) in [4.78, 5) is 11.1. The van der Waals surface area contributed by atoms with Gasteiger partial charge in [0.2, 0.25) is 0 Å². The summed E-state index contributed by atoms with van der Waals surface area (Å²) in [7, 11) is 1.66. The Morgan fingerprint density at radius 1 is 1.50 bits per heavy atom. The lowest BCUT2D eigenvalue weighted by Crippen LogP contribution is -2.25. The molecule has 0 aliphatic heterocycles. The van der Waals surface area contributed by atoms with E-state index in [9.17, 15) is 4.79 Å². The molecule has 6 heteroatoms. The Morgan fingerprint density at radius 3 is 2.56 bits per heavy atom. The normalized spacial score (nSPS) is 12.1. The highest BCUT2D eigenvalue weighted by atomic mass is 16.5. The SMILES string of the molecule is COC(C)(C)CCn1nnc(C(=O)O)c1C(C)C. The van der Waals surface area contributed by atoms with Crippen LogP contribution >= 0.6 is 0 Å². The Balaban J connectivity index is 2.93. The fourth-order valence-corrected chi connectivity index (χ4v) is 1.69. The summed E-state index contributed by atoms with van der Waals surface area (Å²) in [6, 6.07) is 0. The number of carboxylic acids is 1. The average molecular weight is 255 g/mol. The number of carboxylic acid groups (broad SMARTS) is 1. The first kappa shape index (κ1) is 14.6. The van der Waals surface area contributed by atoms with Crippen molar-refractivity contribution in [3.8, 4) is 0 Å². The van der Waals surface area contributed by atoms with Crippen LogP contribution in [0.1, 0.15) is 56.2 Å². The van der Waals surface area contributed by atoms with Crippen LogP contribution in [0.2, 0.25) is 0 Å². The van der Waals surface area contributed by atoms with Gasteiger partial charge in [0.1, 0.15) is 0 Å². The van der Waals surface area contributed by atoms with E-state index in [1.165, 1.54) is 0 Å². The number of aromatic carboxylic acids is 1. The van der Waals surface area contributed by atoms with Gasteiger partial charge in [-0.1, -0.05) is 19.1 Å². The second kappa shape index (κ2) is 5.48. The molecule has 1 N–H and O–H groups in total. The highest BCUT2D eigenvalue weighted by Crippen LogP contribution is 2.20. The molecule has 0 aliphatic rings. The van der Waals surface area contributed by atoms with E-state index in [2.05, 4.69) is 10.3 Å². The van der Waals surface area contributed by atoms with Crippen molar-refractivity contribution in [3.05, 3.63) is 11.4 Å². The molecule has 1 heterocycles. The molecule has 0 radical (unpaired) electrons. The lowest BCUT2D eigenvalue weighted by molar-refractivity contribution is 0.0110. The fraction of sp³-hybridized carbons (Fsp3) is 0.750. The molecule has 102 valence electrons. The van der Waals surface area contributed by atoms with E-state index in [4.69, 9.17) is 9.84 Å². The highest BCUT2D eigenvalue weighted by molar-refractivity contribution is 5.86. The van der Waals surface area contributed by atoms with Crippen molar-refractivity contribution in [3.63, 3.8) is 0 Å². The third-order valence-corrected chi connectivity index (χ3v) is 3.00. The van der Waals surface area contributed by atoms with Crippen LogP contribution in [0.4, 0.5) is 0 Å². The standard InChI is InChI=1S/C12H21N3O3/c1-8(2)10-9(11(16)17)13-14-15(10)7-6-12(3,4)18-5/h8H,6-7H2,1-5H3,(H,16,17). The molecule has 1 rings (SSSR count). The summed E-state index contributed by atoms with van der Waals surface area (Å²) in [6.07, 6.45) is 0.742. The summed E-state index contributed by atoms with van der Waals surface area (Å²) >= 11 is 0. The molecule has 0 atom stereocenters. The molecule has 6 nitrogen and oxygen atoms in total. The quantitative estimate of drug-likeness (QED) is 0.840. The number of carbonyl (C=O) groups is 1. The van der Waals surface area contributed by atoms with Gasteiger partial charge in [0.05, 0.1) is 11.3 Å². The molecule has 1 aromatic heterocycles. The molecule has 0 saturated heterocycles. The van der Waals surface area contributed by atoms with Crippen LogP contribution in [0.5, 0.6) is 0 Å². The number of rotatable bonds is 6. The molecular formula is C12H21N3O3. The summed E-state index contributed by atoms with van der Waals surface area (Å²) in [5.41, 5.74) is 0.443. The third-order valence-electron chi connectivity index (χ3n) is 3.00. The first-order valence-electron chi connectivity index (χ1n) is 6.00.